The highest BCUT2D eigenvalue weighted by atomic mass is 32.1. The summed E-state index contributed by atoms with van der Waals surface area (Å²) in [5.41, 5.74) is 1.34. The molecule has 2 rings (SSSR count). The van der Waals surface area contributed by atoms with E-state index >= 15 is 0 Å². The first-order chi connectivity index (χ1) is 6.83. The molecule has 1 heterocycles. The quantitative estimate of drug-likeness (QED) is 0.702. The molecule has 0 aliphatic heterocycles. The minimum absolute atomic E-state index is 0.292. The largest absolute Gasteiger partial charge is 0.150 e. The summed E-state index contributed by atoms with van der Waals surface area (Å²) in [6.07, 6.45) is 1.05. The van der Waals surface area contributed by atoms with Crippen LogP contribution < -0.4 is 0 Å². The molecular weight excluding hydrogens is 194 g/mol. The molecule has 0 radical (unpaired) electrons. The minimum atomic E-state index is 0.292. The normalized spacial score (nSPS) is 10.6. The van der Waals surface area contributed by atoms with Gasteiger partial charge in [-0.1, -0.05) is 24.2 Å². The average molecular weight is 205 g/mol. The highest BCUT2D eigenvalue weighted by Crippen LogP contribution is 2.27. The standard InChI is InChI=1S/C11H11NOS/c1-2-8-3-4-9-6-10(7-12-13)14-11(9)5-8/h3-6H,2,7H2,1H3. The monoisotopic (exact) mass is 205 g/mol. The zero-order valence-electron chi connectivity index (χ0n) is 7.99. The van der Waals surface area contributed by atoms with Gasteiger partial charge in [-0.2, -0.15) is 4.91 Å². The Labute approximate surface area is 86.5 Å². The molecule has 0 atom stereocenters. The van der Waals surface area contributed by atoms with Gasteiger partial charge in [0.2, 0.25) is 0 Å². The molecule has 0 unspecified atom stereocenters. The van der Waals surface area contributed by atoms with Crippen molar-refractivity contribution < 1.29 is 0 Å². The highest BCUT2D eigenvalue weighted by molar-refractivity contribution is 7.19. The summed E-state index contributed by atoms with van der Waals surface area (Å²) >= 11 is 1.66. The molecule has 1 aromatic carbocycles. The molecular formula is C11H11NOS. The van der Waals surface area contributed by atoms with E-state index in [4.69, 9.17) is 0 Å². The van der Waals surface area contributed by atoms with Crippen molar-refractivity contribution in [1.82, 2.24) is 0 Å². The van der Waals surface area contributed by atoms with Crippen LogP contribution in [0.3, 0.4) is 0 Å². The van der Waals surface area contributed by atoms with Gasteiger partial charge in [-0.15, -0.1) is 11.3 Å². The first-order valence-corrected chi connectivity index (χ1v) is 5.45. The van der Waals surface area contributed by atoms with Crippen molar-refractivity contribution in [2.75, 3.05) is 0 Å². The van der Waals surface area contributed by atoms with Crippen LogP contribution in [-0.4, -0.2) is 0 Å². The fourth-order valence-corrected chi connectivity index (χ4v) is 2.53. The van der Waals surface area contributed by atoms with Crippen molar-refractivity contribution in [3.8, 4) is 0 Å². The van der Waals surface area contributed by atoms with Crippen LogP contribution in [0.1, 0.15) is 17.4 Å². The van der Waals surface area contributed by atoms with E-state index in [0.717, 1.165) is 11.3 Å². The van der Waals surface area contributed by atoms with Crippen molar-refractivity contribution in [1.29, 1.82) is 0 Å². The van der Waals surface area contributed by atoms with Crippen molar-refractivity contribution in [3.63, 3.8) is 0 Å². The van der Waals surface area contributed by atoms with Crippen molar-refractivity contribution >= 4 is 21.4 Å². The van der Waals surface area contributed by atoms with Crippen molar-refractivity contribution in [2.45, 2.75) is 19.9 Å². The third-order valence-corrected chi connectivity index (χ3v) is 3.35. The fourth-order valence-electron chi connectivity index (χ4n) is 1.49. The molecule has 1 aromatic heterocycles. The van der Waals surface area contributed by atoms with Crippen LogP contribution in [-0.2, 0) is 13.0 Å². The molecule has 0 N–H and O–H groups in total. The molecule has 0 saturated heterocycles. The van der Waals surface area contributed by atoms with Crippen molar-refractivity contribution in [3.05, 3.63) is 39.6 Å². The third kappa shape index (κ3) is 1.68. The molecule has 0 spiro atoms. The zero-order chi connectivity index (χ0) is 9.97. The maximum atomic E-state index is 10.1. The Kier molecular flexibility index (Phi) is 2.59. The predicted molar refractivity (Wildman–Crippen MR) is 60.7 cm³/mol. The van der Waals surface area contributed by atoms with Gasteiger partial charge in [0.25, 0.3) is 0 Å². The second kappa shape index (κ2) is 3.88. The lowest BCUT2D eigenvalue weighted by molar-refractivity contribution is 1.09. The number of nitroso groups, excluding NO2 is 1. The Morgan fingerprint density at radius 3 is 2.93 bits per heavy atom. The predicted octanol–water partition coefficient (Wildman–Crippen LogP) is 3.73. The highest BCUT2D eigenvalue weighted by Gasteiger charge is 2.02. The molecule has 0 amide bonds. The summed E-state index contributed by atoms with van der Waals surface area (Å²) in [4.78, 5) is 11.2. The van der Waals surface area contributed by atoms with Gasteiger partial charge in [-0.25, -0.2) is 0 Å². The number of benzene rings is 1. The Balaban J connectivity index is 2.48. The van der Waals surface area contributed by atoms with Crippen LogP contribution in [0.4, 0.5) is 0 Å². The minimum Gasteiger partial charge on any atom is -0.150 e. The van der Waals surface area contributed by atoms with E-state index in [-0.39, 0.29) is 0 Å². The number of rotatable bonds is 3. The van der Waals surface area contributed by atoms with Crippen LogP contribution in [0.5, 0.6) is 0 Å². The Morgan fingerprint density at radius 1 is 1.36 bits per heavy atom. The van der Waals surface area contributed by atoms with Gasteiger partial charge in [0.15, 0.2) is 0 Å². The third-order valence-electron chi connectivity index (χ3n) is 2.26. The number of thiophene rings is 1. The Bertz CT molecular complexity index is 461. The van der Waals surface area contributed by atoms with Crippen LogP contribution in [0.2, 0.25) is 0 Å². The van der Waals surface area contributed by atoms with Gasteiger partial charge in [-0.3, -0.25) is 0 Å². The van der Waals surface area contributed by atoms with E-state index < -0.39 is 0 Å². The Morgan fingerprint density at radius 2 is 2.21 bits per heavy atom. The maximum absolute atomic E-state index is 10.1. The topological polar surface area (TPSA) is 29.4 Å². The summed E-state index contributed by atoms with van der Waals surface area (Å²) < 4.78 is 1.25. The van der Waals surface area contributed by atoms with Gasteiger partial charge in [-0.05, 0) is 29.5 Å². The smallest absolute Gasteiger partial charge is 0.115 e. The van der Waals surface area contributed by atoms with Gasteiger partial charge < -0.3 is 0 Å². The molecule has 0 saturated carbocycles. The van der Waals surface area contributed by atoms with Crippen LogP contribution in [0.15, 0.2) is 29.4 Å². The van der Waals surface area contributed by atoms with E-state index in [2.05, 4.69) is 30.3 Å². The van der Waals surface area contributed by atoms with E-state index in [1.165, 1.54) is 15.6 Å². The number of hydrogen-bond acceptors (Lipinski definition) is 3. The van der Waals surface area contributed by atoms with Crippen LogP contribution >= 0.6 is 11.3 Å². The van der Waals surface area contributed by atoms with Crippen molar-refractivity contribution in [2.24, 2.45) is 5.18 Å². The summed E-state index contributed by atoms with van der Waals surface area (Å²) in [5.74, 6) is 0. The molecule has 0 aliphatic carbocycles. The summed E-state index contributed by atoms with van der Waals surface area (Å²) in [6, 6.07) is 8.47. The lowest BCUT2D eigenvalue weighted by Crippen LogP contribution is -1.75. The van der Waals surface area contributed by atoms with E-state index in [9.17, 15) is 4.91 Å². The molecule has 0 fully saturated rings. The molecule has 3 heteroatoms. The summed E-state index contributed by atoms with van der Waals surface area (Å²) in [5, 5.41) is 4.12. The SMILES string of the molecule is CCc1ccc2cc(CN=O)sc2c1. The van der Waals surface area contributed by atoms with Crippen LogP contribution in [0.25, 0.3) is 10.1 Å². The fraction of sp³-hybridized carbons (Fsp3) is 0.273. The van der Waals surface area contributed by atoms with Crippen LogP contribution in [0, 0.1) is 4.91 Å². The molecule has 14 heavy (non-hydrogen) atoms. The molecule has 0 aliphatic rings. The second-order valence-electron chi connectivity index (χ2n) is 3.23. The lowest BCUT2D eigenvalue weighted by atomic mass is 10.1. The van der Waals surface area contributed by atoms with E-state index in [0.29, 0.717) is 6.54 Å². The summed E-state index contributed by atoms with van der Waals surface area (Å²) in [7, 11) is 0. The Hall–Kier alpha value is -1.22. The van der Waals surface area contributed by atoms with Gasteiger partial charge in [0, 0.05) is 9.58 Å². The molecule has 72 valence electrons. The van der Waals surface area contributed by atoms with E-state index in [1.807, 2.05) is 6.07 Å². The first-order valence-electron chi connectivity index (χ1n) is 4.64. The number of nitrogens with zero attached hydrogens (tertiary/aromatic N) is 1. The summed E-state index contributed by atoms with van der Waals surface area (Å²) in [6.45, 7) is 2.43. The number of aryl methyl sites for hydroxylation is 1. The van der Waals surface area contributed by atoms with Gasteiger partial charge in [0.1, 0.15) is 6.54 Å². The molecule has 2 nitrogen and oxygen atoms in total. The number of fused-ring (bicyclic) bond motifs is 1. The molecule has 0 bridgehead atoms. The molecule has 2 aromatic rings. The first kappa shape index (κ1) is 9.34. The number of hydrogen-bond donors (Lipinski definition) is 0. The zero-order valence-corrected chi connectivity index (χ0v) is 8.80. The average Bonchev–Trinajstić information content (AvgIpc) is 2.59. The second-order valence-corrected chi connectivity index (χ2v) is 4.39. The lowest BCUT2D eigenvalue weighted by Gasteiger charge is -1.94. The van der Waals surface area contributed by atoms with Gasteiger partial charge in [0.05, 0.1) is 0 Å². The van der Waals surface area contributed by atoms with E-state index in [1.54, 1.807) is 11.3 Å². The van der Waals surface area contributed by atoms with Gasteiger partial charge >= 0.3 is 0 Å². The maximum Gasteiger partial charge on any atom is 0.115 e.